The van der Waals surface area contributed by atoms with E-state index in [0.29, 0.717) is 88.9 Å². The second-order valence-corrected chi connectivity index (χ2v) is 18.5. The molecule has 1 heterocycles. The predicted octanol–water partition coefficient (Wildman–Crippen LogP) is 8.20. The van der Waals surface area contributed by atoms with E-state index >= 15 is 0 Å². The van der Waals surface area contributed by atoms with Crippen molar-refractivity contribution in [3.05, 3.63) is 125 Å². The van der Waals surface area contributed by atoms with E-state index in [9.17, 15) is 24.0 Å². The average Bonchev–Trinajstić information content (AvgIpc) is 4.03. The zero-order chi connectivity index (χ0) is 56.6. The van der Waals surface area contributed by atoms with Crippen LogP contribution in [-0.4, -0.2) is 145 Å². The van der Waals surface area contributed by atoms with E-state index in [-0.39, 0.29) is 24.5 Å². The molecule has 1 saturated carbocycles. The monoisotopic (exact) mass is 1070 g/mol. The van der Waals surface area contributed by atoms with Crippen molar-refractivity contribution in [3.63, 3.8) is 0 Å². The van der Waals surface area contributed by atoms with Crippen molar-refractivity contribution >= 4 is 49.4 Å². The van der Waals surface area contributed by atoms with E-state index in [2.05, 4.69) is 103 Å². The molecule has 6 rings (SSSR count). The standard InChI is InChI=1S/C33H35N5.C21H30N2O7.C6H12O.C2H7N/c1-35-21-12-4-3-7-14-26-15-13-16-27(22-26)24-38-32(29-19-10-6-11-20-29)31(28-17-8-5-9-18-28)30(23-34)33(38)37-25-36-2;1-23(17(15-26)5-3-9-24)21(28)18-6-2-7-20(19(18)16-27)22-8-12-30-14-13-29-11-4-10-25;7-6-4-2-1-3-5-6;1-3-2/h5-6,8-11,13,15-20,22-23,25,34-35H,3-4,12,21,24H2,1-2H3,(H,36,37);7,9-10,15-17,22H,2-6,8,11-14H2,1H3;6-7H,1-5H2;3H,1-2H3. The Labute approximate surface area is 463 Å². The van der Waals surface area contributed by atoms with Crippen molar-refractivity contribution in [1.29, 1.82) is 5.41 Å². The van der Waals surface area contributed by atoms with Gasteiger partial charge in [0.2, 0.25) is 0 Å². The first-order valence-corrected chi connectivity index (χ1v) is 27.1. The Morgan fingerprint density at radius 1 is 0.872 bits per heavy atom. The number of carbonyl (C=O) groups excluding carboxylic acids is 5. The smallest absolute Gasteiger partial charge is 0.250 e. The van der Waals surface area contributed by atoms with Crippen LogP contribution < -0.4 is 21.3 Å². The first-order valence-electron chi connectivity index (χ1n) is 27.1. The molecule has 1 unspecified atom stereocenters. The van der Waals surface area contributed by atoms with Gasteiger partial charge in [0.25, 0.3) is 5.91 Å². The highest BCUT2D eigenvalue weighted by Gasteiger charge is 2.28. The van der Waals surface area contributed by atoms with E-state index in [0.717, 1.165) is 89.8 Å². The number of anilines is 1. The topological polar surface area (TPSA) is 217 Å². The van der Waals surface area contributed by atoms with Crippen LogP contribution in [0.4, 0.5) is 5.82 Å². The molecule has 2 aliphatic rings. The molecule has 3 aromatic carbocycles. The van der Waals surface area contributed by atoms with Crippen LogP contribution in [0.25, 0.3) is 22.4 Å². The number of hydrogen-bond donors (Lipinski definition) is 6. The van der Waals surface area contributed by atoms with Crippen LogP contribution in [0.1, 0.15) is 100 Å². The number of ether oxygens (including phenoxy) is 2. The minimum atomic E-state index is -0.715. The molecule has 1 atom stereocenters. The minimum Gasteiger partial charge on any atom is -0.393 e. The van der Waals surface area contributed by atoms with Gasteiger partial charge in [0, 0.05) is 86.2 Å². The van der Waals surface area contributed by atoms with E-state index in [1.54, 1.807) is 13.4 Å². The Balaban J connectivity index is 0.000000355. The number of benzene rings is 3. The fraction of sp³-hybridized carbons (Fsp3) is 0.435. The maximum absolute atomic E-state index is 12.8. The van der Waals surface area contributed by atoms with Gasteiger partial charge < -0.3 is 65.1 Å². The van der Waals surface area contributed by atoms with Crippen molar-refractivity contribution in [1.82, 2.24) is 25.4 Å². The van der Waals surface area contributed by atoms with Gasteiger partial charge in [-0.25, -0.2) is 0 Å². The molecule has 0 radical (unpaired) electrons. The largest absolute Gasteiger partial charge is 0.393 e. The lowest BCUT2D eigenvalue weighted by Gasteiger charge is -2.27. The van der Waals surface area contributed by atoms with Crippen molar-refractivity contribution in [2.75, 3.05) is 80.1 Å². The van der Waals surface area contributed by atoms with Gasteiger partial charge in [-0.15, -0.1) is 0 Å². The summed E-state index contributed by atoms with van der Waals surface area (Å²) in [5.41, 5.74) is 8.42. The lowest BCUT2D eigenvalue weighted by Crippen LogP contribution is -2.40. The molecule has 1 aromatic heterocycles. The number of nitrogens with zero attached hydrogens (tertiary/aromatic N) is 3. The first kappa shape index (κ1) is 65.2. The number of amides is 1. The van der Waals surface area contributed by atoms with Crippen LogP contribution in [-0.2, 0) is 40.0 Å². The Kier molecular flexibility index (Phi) is 33.5. The van der Waals surface area contributed by atoms with Crippen LogP contribution in [0.2, 0.25) is 0 Å². The zero-order valence-electron chi connectivity index (χ0n) is 46.6. The fourth-order valence-electron chi connectivity index (χ4n) is 8.66. The third-order valence-corrected chi connectivity index (χ3v) is 12.5. The third-order valence-electron chi connectivity index (χ3n) is 12.5. The molecule has 16 heteroatoms. The van der Waals surface area contributed by atoms with E-state index in [1.807, 2.05) is 51.5 Å². The third kappa shape index (κ3) is 22.8. The number of allylic oxidation sites excluding steroid dienone is 2. The van der Waals surface area contributed by atoms with Gasteiger partial charge in [0.1, 0.15) is 24.7 Å². The average molecular weight is 1070 g/mol. The molecule has 2 aliphatic carbocycles. The molecule has 6 N–H and O–H groups in total. The van der Waals surface area contributed by atoms with Gasteiger partial charge in [-0.2, -0.15) is 0 Å². The van der Waals surface area contributed by atoms with Crippen molar-refractivity contribution < 1.29 is 38.6 Å². The van der Waals surface area contributed by atoms with Gasteiger partial charge in [-0.05, 0) is 101 Å². The molecule has 16 nitrogen and oxygen atoms in total. The van der Waals surface area contributed by atoms with Crippen LogP contribution in [0.15, 0.2) is 113 Å². The second-order valence-electron chi connectivity index (χ2n) is 18.5. The van der Waals surface area contributed by atoms with Crippen LogP contribution in [0.3, 0.4) is 0 Å². The molecule has 1 fully saturated rings. The van der Waals surface area contributed by atoms with Crippen LogP contribution in [0.5, 0.6) is 0 Å². The van der Waals surface area contributed by atoms with E-state index < -0.39 is 11.9 Å². The summed E-state index contributed by atoms with van der Waals surface area (Å²) in [7, 11) is 8.97. The molecular formula is C62H84N8O8. The molecule has 0 spiro atoms. The Morgan fingerprint density at radius 3 is 2.15 bits per heavy atom. The number of nitrogens with one attached hydrogen (secondary N) is 5. The number of aliphatic hydroxyl groups is 1. The summed E-state index contributed by atoms with van der Waals surface area (Å²) in [5.74, 6) is 7.12. The normalized spacial score (nSPS) is 13.3. The molecule has 0 saturated heterocycles. The van der Waals surface area contributed by atoms with Gasteiger partial charge in [-0.3, -0.25) is 14.6 Å². The van der Waals surface area contributed by atoms with Gasteiger partial charge in [0.05, 0.1) is 50.6 Å². The van der Waals surface area contributed by atoms with E-state index in [1.165, 1.54) is 37.4 Å². The Hall–Kier alpha value is -7.13. The summed E-state index contributed by atoms with van der Waals surface area (Å²) < 4.78 is 12.9. The summed E-state index contributed by atoms with van der Waals surface area (Å²) >= 11 is 0. The van der Waals surface area contributed by atoms with Gasteiger partial charge >= 0.3 is 0 Å². The van der Waals surface area contributed by atoms with E-state index in [4.69, 9.17) is 20.0 Å². The molecule has 4 aromatic rings. The van der Waals surface area contributed by atoms with Crippen LogP contribution in [0, 0.1) is 17.3 Å². The molecule has 78 heavy (non-hydrogen) atoms. The Morgan fingerprint density at radius 2 is 1.55 bits per heavy atom. The Bertz CT molecular complexity index is 2560. The van der Waals surface area contributed by atoms with Crippen molar-refractivity contribution in [3.8, 4) is 34.2 Å². The zero-order valence-corrected chi connectivity index (χ0v) is 46.6. The summed E-state index contributed by atoms with van der Waals surface area (Å²) in [6.45, 7) is 3.61. The second kappa shape index (κ2) is 40.1. The number of carbonyl (C=O) groups is 5. The molecule has 0 bridgehead atoms. The highest BCUT2D eigenvalue weighted by molar-refractivity contribution is 6.04. The minimum absolute atomic E-state index is 0.0359. The maximum atomic E-state index is 12.8. The summed E-state index contributed by atoms with van der Waals surface area (Å²) in [6.07, 6.45) is 18.6. The number of hydrogen-bond acceptors (Lipinski definition) is 13. The van der Waals surface area contributed by atoms with Crippen molar-refractivity contribution in [2.45, 2.75) is 102 Å². The number of likely N-dealkylation sites (N-methyl/N-ethyl adjacent to an activating group) is 1. The number of rotatable bonds is 28. The SMILES string of the molecule is CN(C(=O)C1=C(C=O)C(NCCOCCOCCC=O)=CCC1)C(C=O)CCC=O.CN=CNc1c(C=N)c(-c2ccccc2)c(-c2ccccc2)n1Cc1cccc(C#CCCCCNC)c1.CNC.OC1CCCCC1. The summed E-state index contributed by atoms with van der Waals surface area (Å²) in [5, 5.41) is 29.7. The number of unbranched alkanes of at least 4 members (excludes halogenated alkanes) is 2. The number of aliphatic hydroxyl groups excluding tert-OH is 1. The lowest BCUT2D eigenvalue weighted by molar-refractivity contribution is -0.132. The van der Waals surface area contributed by atoms with Gasteiger partial charge in [-0.1, -0.05) is 110 Å². The number of aliphatic imine (C=N–C) groups is 1. The predicted molar refractivity (Wildman–Crippen MR) is 314 cm³/mol. The quantitative estimate of drug-likeness (QED) is 0.0104. The van der Waals surface area contributed by atoms with Crippen molar-refractivity contribution in [2.24, 2.45) is 4.99 Å². The van der Waals surface area contributed by atoms with Gasteiger partial charge in [0.15, 0.2) is 6.29 Å². The number of aromatic nitrogens is 1. The summed E-state index contributed by atoms with van der Waals surface area (Å²) in [4.78, 5) is 62.0. The van der Waals surface area contributed by atoms with Crippen LogP contribution >= 0.6 is 0 Å². The number of aldehydes is 4. The lowest BCUT2D eigenvalue weighted by atomic mass is 9.94. The molecule has 420 valence electrons. The highest BCUT2D eigenvalue weighted by atomic mass is 16.5. The fourth-order valence-corrected chi connectivity index (χ4v) is 8.66. The molecular weight excluding hydrogens is 985 g/mol. The highest BCUT2D eigenvalue weighted by Crippen LogP contribution is 2.41. The maximum Gasteiger partial charge on any atom is 0.250 e. The molecule has 0 aliphatic heterocycles. The molecule has 1 amide bonds. The summed E-state index contributed by atoms with van der Waals surface area (Å²) in [6, 6.07) is 28.4. The first-order chi connectivity index (χ1) is 38.2.